The van der Waals surface area contributed by atoms with Gasteiger partial charge in [0.1, 0.15) is 23.2 Å². The van der Waals surface area contributed by atoms with E-state index >= 15 is 0 Å². The Morgan fingerprint density at radius 2 is 2.12 bits per heavy atom. The van der Waals surface area contributed by atoms with Crippen molar-refractivity contribution in [2.75, 3.05) is 0 Å². The number of nitriles is 1. The fourth-order valence-corrected chi connectivity index (χ4v) is 3.55. The Labute approximate surface area is 94.7 Å². The largest absolute Gasteiger partial charge is 0.509 e. The molecule has 2 aliphatic heterocycles. The second kappa shape index (κ2) is 3.24. The molecule has 0 bridgehead atoms. The number of nitrogens with one attached hydrogen (secondary N) is 1. The molecule has 16 heavy (non-hydrogen) atoms. The first kappa shape index (κ1) is 9.71. The summed E-state index contributed by atoms with van der Waals surface area (Å²) in [6.45, 7) is 0. The molecule has 0 aromatic rings. The predicted molar refractivity (Wildman–Crippen MR) is 59.0 cm³/mol. The number of aliphatic hydroxyl groups is 1. The first-order chi connectivity index (χ1) is 7.74. The molecule has 1 saturated heterocycles. The molecule has 0 aromatic carbocycles. The van der Waals surface area contributed by atoms with Crippen LogP contribution in [0.5, 0.6) is 0 Å². The van der Waals surface area contributed by atoms with E-state index in [1.807, 2.05) is 11.0 Å². The smallest absolute Gasteiger partial charge is 0.143 e. The number of hydrogen-bond acceptors (Lipinski definition) is 3. The van der Waals surface area contributed by atoms with Gasteiger partial charge >= 0.3 is 0 Å². The standard InChI is InChI=1S/C12H15N3O/c13-6-8-11(16)10-5-7-3-1-2-4-9(7)15(10)12(8)14/h7,9-10,14,16H,1-5H2/t7-,9-,10-/m1/s1. The molecule has 3 aliphatic rings. The summed E-state index contributed by atoms with van der Waals surface area (Å²) in [5.41, 5.74) is 0.189. The van der Waals surface area contributed by atoms with Gasteiger partial charge in [0, 0.05) is 6.04 Å². The van der Waals surface area contributed by atoms with Crippen molar-refractivity contribution in [3.8, 4) is 6.07 Å². The zero-order chi connectivity index (χ0) is 11.3. The van der Waals surface area contributed by atoms with Crippen molar-refractivity contribution in [2.24, 2.45) is 5.92 Å². The van der Waals surface area contributed by atoms with Crippen LogP contribution >= 0.6 is 0 Å². The molecule has 1 aliphatic carbocycles. The van der Waals surface area contributed by atoms with Gasteiger partial charge in [0.2, 0.25) is 0 Å². The molecule has 2 fully saturated rings. The van der Waals surface area contributed by atoms with Crippen LogP contribution in [0.1, 0.15) is 32.1 Å². The predicted octanol–water partition coefficient (Wildman–Crippen LogP) is 1.95. The van der Waals surface area contributed by atoms with Gasteiger partial charge in [-0.15, -0.1) is 0 Å². The van der Waals surface area contributed by atoms with Crippen molar-refractivity contribution in [3.63, 3.8) is 0 Å². The van der Waals surface area contributed by atoms with E-state index in [0.717, 1.165) is 12.8 Å². The van der Waals surface area contributed by atoms with Crippen LogP contribution in [0.4, 0.5) is 0 Å². The average molecular weight is 217 g/mol. The van der Waals surface area contributed by atoms with Gasteiger partial charge in [0.15, 0.2) is 0 Å². The molecule has 0 amide bonds. The van der Waals surface area contributed by atoms with E-state index in [1.54, 1.807) is 0 Å². The van der Waals surface area contributed by atoms with E-state index in [0.29, 0.717) is 12.0 Å². The number of fused-ring (bicyclic) bond motifs is 3. The van der Waals surface area contributed by atoms with Crippen LogP contribution in [0.15, 0.2) is 11.3 Å². The first-order valence-electron chi connectivity index (χ1n) is 5.94. The second-order valence-corrected chi connectivity index (χ2v) is 4.99. The van der Waals surface area contributed by atoms with E-state index in [2.05, 4.69) is 0 Å². The zero-order valence-corrected chi connectivity index (χ0v) is 9.11. The average Bonchev–Trinajstić information content (AvgIpc) is 2.77. The number of hydrogen-bond donors (Lipinski definition) is 2. The van der Waals surface area contributed by atoms with E-state index in [9.17, 15) is 5.11 Å². The molecule has 0 unspecified atom stereocenters. The maximum Gasteiger partial charge on any atom is 0.143 e. The van der Waals surface area contributed by atoms with Gasteiger partial charge in [-0.1, -0.05) is 12.8 Å². The maximum atomic E-state index is 9.95. The van der Waals surface area contributed by atoms with E-state index in [-0.39, 0.29) is 23.2 Å². The fraction of sp³-hybridized carbons (Fsp3) is 0.667. The molecule has 2 heterocycles. The van der Waals surface area contributed by atoms with Crippen LogP contribution < -0.4 is 0 Å². The Morgan fingerprint density at radius 3 is 2.88 bits per heavy atom. The quantitative estimate of drug-likeness (QED) is 0.651. The lowest BCUT2D eigenvalue weighted by atomic mass is 9.84. The van der Waals surface area contributed by atoms with Crippen LogP contribution in [-0.4, -0.2) is 27.9 Å². The van der Waals surface area contributed by atoms with E-state index < -0.39 is 0 Å². The number of aliphatic hydroxyl groups excluding tert-OH is 1. The summed E-state index contributed by atoms with van der Waals surface area (Å²) in [5.74, 6) is 1.00. The molecular formula is C12H15N3O. The topological polar surface area (TPSA) is 71.1 Å². The highest BCUT2D eigenvalue weighted by atomic mass is 16.3. The third-order valence-corrected chi connectivity index (χ3v) is 4.27. The van der Waals surface area contributed by atoms with E-state index in [4.69, 9.17) is 10.7 Å². The van der Waals surface area contributed by atoms with Crippen LogP contribution in [0.2, 0.25) is 0 Å². The highest BCUT2D eigenvalue weighted by Gasteiger charge is 2.50. The van der Waals surface area contributed by atoms with Crippen molar-refractivity contribution < 1.29 is 5.11 Å². The third-order valence-electron chi connectivity index (χ3n) is 4.27. The summed E-state index contributed by atoms with van der Waals surface area (Å²) in [4.78, 5) is 1.98. The summed E-state index contributed by atoms with van der Waals surface area (Å²) < 4.78 is 0. The molecule has 1 saturated carbocycles. The molecule has 0 aromatic heterocycles. The summed E-state index contributed by atoms with van der Waals surface area (Å²) in [5, 5.41) is 26.8. The van der Waals surface area contributed by atoms with E-state index in [1.165, 1.54) is 19.3 Å². The second-order valence-electron chi connectivity index (χ2n) is 4.99. The first-order valence-corrected chi connectivity index (χ1v) is 5.94. The van der Waals surface area contributed by atoms with Crippen molar-refractivity contribution >= 4 is 5.84 Å². The molecule has 3 atom stereocenters. The molecule has 4 nitrogen and oxygen atoms in total. The summed E-state index contributed by atoms with van der Waals surface area (Å²) in [6, 6.07) is 2.27. The monoisotopic (exact) mass is 217 g/mol. The Hall–Kier alpha value is -1.50. The maximum absolute atomic E-state index is 9.95. The molecule has 3 rings (SSSR count). The third kappa shape index (κ3) is 1.06. The lowest BCUT2D eigenvalue weighted by Crippen LogP contribution is -2.39. The van der Waals surface area contributed by atoms with Gasteiger partial charge in [-0.25, -0.2) is 0 Å². The van der Waals surface area contributed by atoms with Crippen LogP contribution in [-0.2, 0) is 0 Å². The number of nitrogens with zero attached hydrogens (tertiary/aromatic N) is 2. The minimum absolute atomic E-state index is 0.0738. The van der Waals surface area contributed by atoms with Crippen LogP contribution in [0.3, 0.4) is 0 Å². The Bertz CT molecular complexity index is 420. The van der Waals surface area contributed by atoms with Gasteiger partial charge in [0.05, 0.1) is 6.04 Å². The minimum atomic E-state index is -0.0738. The summed E-state index contributed by atoms with van der Waals surface area (Å²) >= 11 is 0. The molecule has 0 spiro atoms. The van der Waals surface area contributed by atoms with Gasteiger partial charge in [0.25, 0.3) is 0 Å². The SMILES string of the molecule is N#CC1=C(O)[C@H]2C[C@H]3CCCC[C@H]3N2C1=N. The summed E-state index contributed by atoms with van der Waals surface area (Å²) in [7, 11) is 0. The Balaban J connectivity index is 1.96. The Kier molecular flexibility index (Phi) is 1.97. The number of amidine groups is 1. The van der Waals surface area contributed by atoms with Gasteiger partial charge in [-0.05, 0) is 25.2 Å². The van der Waals surface area contributed by atoms with Gasteiger partial charge < -0.3 is 10.0 Å². The summed E-state index contributed by atoms with van der Waals surface area (Å²) in [6.07, 6.45) is 5.71. The zero-order valence-electron chi connectivity index (χ0n) is 9.11. The normalized spacial score (nSPS) is 37.3. The van der Waals surface area contributed by atoms with Crippen LogP contribution in [0.25, 0.3) is 0 Å². The van der Waals surface area contributed by atoms with Crippen LogP contribution in [0, 0.1) is 22.7 Å². The van der Waals surface area contributed by atoms with Crippen molar-refractivity contribution in [2.45, 2.75) is 44.2 Å². The lowest BCUT2D eigenvalue weighted by molar-refractivity contribution is 0.233. The van der Waals surface area contributed by atoms with Crippen molar-refractivity contribution in [1.82, 2.24) is 4.90 Å². The van der Waals surface area contributed by atoms with Crippen molar-refractivity contribution in [1.29, 1.82) is 10.7 Å². The molecule has 4 heteroatoms. The minimum Gasteiger partial charge on any atom is -0.509 e. The highest BCUT2D eigenvalue weighted by molar-refractivity contribution is 6.03. The van der Waals surface area contributed by atoms with Crippen molar-refractivity contribution in [3.05, 3.63) is 11.3 Å². The van der Waals surface area contributed by atoms with Gasteiger partial charge in [-0.3, -0.25) is 5.41 Å². The molecule has 0 radical (unpaired) electrons. The molecule has 2 N–H and O–H groups in total. The molecule has 84 valence electrons. The van der Waals surface area contributed by atoms with Gasteiger partial charge in [-0.2, -0.15) is 5.26 Å². The number of rotatable bonds is 0. The lowest BCUT2D eigenvalue weighted by Gasteiger charge is -2.32. The molecular weight excluding hydrogens is 202 g/mol. The highest BCUT2D eigenvalue weighted by Crippen LogP contribution is 2.45. The Morgan fingerprint density at radius 1 is 1.38 bits per heavy atom. The fourth-order valence-electron chi connectivity index (χ4n) is 3.55.